The van der Waals surface area contributed by atoms with Gasteiger partial charge in [-0.2, -0.15) is 0 Å². The van der Waals surface area contributed by atoms with Gasteiger partial charge in [0.15, 0.2) is 0 Å². The highest BCUT2D eigenvalue weighted by atomic mass is 32.2. The molecule has 2 atom stereocenters. The van der Waals surface area contributed by atoms with Crippen LogP contribution in [0.1, 0.15) is 36.1 Å². The fraction of sp³-hybridized carbons (Fsp3) is 0.500. The van der Waals surface area contributed by atoms with E-state index in [0.717, 1.165) is 16.1 Å². The highest BCUT2D eigenvalue weighted by molar-refractivity contribution is 7.92. The first-order valence-corrected chi connectivity index (χ1v) is 12.2. The number of aliphatic hydroxyl groups excluding tert-OH is 1. The fourth-order valence-corrected chi connectivity index (χ4v) is 5.69. The first-order chi connectivity index (χ1) is 14.2. The van der Waals surface area contributed by atoms with Gasteiger partial charge in [0.05, 0.1) is 36.2 Å². The van der Waals surface area contributed by atoms with Crippen molar-refractivity contribution in [2.45, 2.75) is 39.5 Å². The number of carbonyl (C=O) groups is 1. The number of anilines is 1. The first-order valence-electron chi connectivity index (χ1n) is 9.71. The van der Waals surface area contributed by atoms with E-state index in [2.05, 4.69) is 9.71 Å². The van der Waals surface area contributed by atoms with Gasteiger partial charge in [-0.3, -0.25) is 9.52 Å². The SMILES string of the molecule is Cc1ncsc1CN1C(=O)COC(c2ccc(NS(=O)(=O)CC(C)C)cc2)C1CO. The van der Waals surface area contributed by atoms with Gasteiger partial charge in [0, 0.05) is 10.6 Å². The molecule has 164 valence electrons. The summed E-state index contributed by atoms with van der Waals surface area (Å²) in [6.07, 6.45) is -0.512. The molecule has 3 rings (SSSR count). The van der Waals surface area contributed by atoms with E-state index in [1.165, 1.54) is 11.3 Å². The van der Waals surface area contributed by atoms with Crippen LogP contribution in [0.15, 0.2) is 29.8 Å². The van der Waals surface area contributed by atoms with Gasteiger partial charge in [0.25, 0.3) is 0 Å². The second kappa shape index (κ2) is 9.42. The van der Waals surface area contributed by atoms with E-state index in [1.807, 2.05) is 20.8 Å². The van der Waals surface area contributed by atoms with Crippen molar-refractivity contribution in [1.82, 2.24) is 9.88 Å². The first kappa shape index (κ1) is 22.7. The van der Waals surface area contributed by atoms with Crippen molar-refractivity contribution in [2.75, 3.05) is 23.7 Å². The van der Waals surface area contributed by atoms with Crippen molar-refractivity contribution in [3.8, 4) is 0 Å². The molecular weight excluding hydrogens is 426 g/mol. The van der Waals surface area contributed by atoms with Gasteiger partial charge in [-0.25, -0.2) is 13.4 Å². The molecule has 10 heteroatoms. The molecule has 30 heavy (non-hydrogen) atoms. The number of carbonyl (C=O) groups excluding carboxylic acids is 1. The molecular formula is C20H27N3O5S2. The molecule has 2 heterocycles. The molecule has 8 nitrogen and oxygen atoms in total. The van der Waals surface area contributed by atoms with E-state index in [1.54, 1.807) is 34.7 Å². The molecule has 1 aromatic heterocycles. The zero-order valence-electron chi connectivity index (χ0n) is 17.2. The Morgan fingerprint density at radius 2 is 2.03 bits per heavy atom. The highest BCUT2D eigenvalue weighted by Gasteiger charge is 2.37. The summed E-state index contributed by atoms with van der Waals surface area (Å²) in [6, 6.07) is 6.30. The average Bonchev–Trinajstić information content (AvgIpc) is 3.07. The predicted molar refractivity (Wildman–Crippen MR) is 116 cm³/mol. The Morgan fingerprint density at radius 1 is 1.33 bits per heavy atom. The summed E-state index contributed by atoms with van der Waals surface area (Å²) in [5, 5.41) is 10.0. The largest absolute Gasteiger partial charge is 0.394 e. The third-order valence-corrected chi connectivity index (χ3v) is 7.44. The van der Waals surface area contributed by atoms with Crippen molar-refractivity contribution < 1.29 is 23.1 Å². The summed E-state index contributed by atoms with van der Waals surface area (Å²) in [6.45, 7) is 5.62. The summed E-state index contributed by atoms with van der Waals surface area (Å²) in [7, 11) is -3.42. The molecule has 1 amide bonds. The Balaban J connectivity index is 1.77. The smallest absolute Gasteiger partial charge is 0.249 e. The number of aromatic nitrogens is 1. The number of aryl methyl sites for hydroxylation is 1. The zero-order chi connectivity index (χ0) is 21.9. The summed E-state index contributed by atoms with van der Waals surface area (Å²) in [5.41, 5.74) is 3.83. The molecule has 2 aromatic rings. The number of sulfonamides is 1. The minimum atomic E-state index is -3.42. The lowest BCUT2D eigenvalue weighted by molar-refractivity contribution is -0.161. The predicted octanol–water partition coefficient (Wildman–Crippen LogP) is 2.31. The van der Waals surface area contributed by atoms with Crippen molar-refractivity contribution >= 4 is 33.0 Å². The lowest BCUT2D eigenvalue weighted by Gasteiger charge is -2.40. The molecule has 1 aromatic carbocycles. The van der Waals surface area contributed by atoms with Crippen LogP contribution in [0, 0.1) is 12.8 Å². The van der Waals surface area contributed by atoms with Crippen molar-refractivity contribution in [1.29, 1.82) is 0 Å². The molecule has 2 N–H and O–H groups in total. The van der Waals surface area contributed by atoms with Gasteiger partial charge in [-0.05, 0) is 30.5 Å². The molecule has 0 radical (unpaired) electrons. The Bertz CT molecular complexity index is 973. The topological polar surface area (TPSA) is 109 Å². The summed E-state index contributed by atoms with van der Waals surface area (Å²) in [5.74, 6) is -0.120. The summed E-state index contributed by atoms with van der Waals surface area (Å²) >= 11 is 1.47. The van der Waals surface area contributed by atoms with Gasteiger partial charge in [-0.15, -0.1) is 11.3 Å². The van der Waals surface area contributed by atoms with Gasteiger partial charge in [0.2, 0.25) is 15.9 Å². The number of morpholine rings is 1. The number of rotatable bonds is 8. The average molecular weight is 454 g/mol. The number of thiazole rings is 1. The molecule has 1 aliphatic heterocycles. The van der Waals surface area contributed by atoms with Crippen LogP contribution in [0.5, 0.6) is 0 Å². The number of nitrogens with one attached hydrogen (secondary N) is 1. The van der Waals surface area contributed by atoms with E-state index >= 15 is 0 Å². The minimum absolute atomic E-state index is 0.0217. The highest BCUT2D eigenvalue weighted by Crippen LogP contribution is 2.31. The van der Waals surface area contributed by atoms with E-state index < -0.39 is 22.2 Å². The van der Waals surface area contributed by atoms with Crippen molar-refractivity contribution in [3.05, 3.63) is 45.9 Å². The van der Waals surface area contributed by atoms with Crippen LogP contribution in [0.25, 0.3) is 0 Å². The second-order valence-corrected chi connectivity index (χ2v) is 10.5. The Hall–Kier alpha value is -2.01. The van der Waals surface area contributed by atoms with E-state index in [4.69, 9.17) is 4.74 Å². The molecule has 2 unspecified atom stereocenters. The molecule has 0 bridgehead atoms. The van der Waals surface area contributed by atoms with Crippen LogP contribution in [-0.4, -0.2) is 54.3 Å². The number of hydrogen-bond donors (Lipinski definition) is 2. The van der Waals surface area contributed by atoms with Gasteiger partial charge in [-0.1, -0.05) is 26.0 Å². The van der Waals surface area contributed by atoms with Crippen molar-refractivity contribution in [3.63, 3.8) is 0 Å². The van der Waals surface area contributed by atoms with Gasteiger partial charge >= 0.3 is 0 Å². The summed E-state index contributed by atoms with van der Waals surface area (Å²) < 4.78 is 32.6. The standard InChI is InChI=1S/C20H27N3O5S2/c1-13(2)11-30(26,27)22-16-6-4-15(5-7-16)20-17(9-24)23(19(25)10-28-20)8-18-14(3)21-12-29-18/h4-7,12-13,17,20,22,24H,8-11H2,1-3H3. The van der Waals surface area contributed by atoms with Crippen LogP contribution in [-0.2, 0) is 26.1 Å². The number of aliphatic hydroxyl groups is 1. The quantitative estimate of drug-likeness (QED) is 0.635. The molecule has 0 saturated carbocycles. The Kier molecular flexibility index (Phi) is 7.12. The summed E-state index contributed by atoms with van der Waals surface area (Å²) in [4.78, 5) is 19.3. The zero-order valence-corrected chi connectivity index (χ0v) is 18.9. The number of hydrogen-bond acceptors (Lipinski definition) is 7. The normalized spacial score (nSPS) is 20.0. The maximum absolute atomic E-state index is 12.5. The Morgan fingerprint density at radius 3 is 2.60 bits per heavy atom. The van der Waals surface area contributed by atoms with Crippen LogP contribution in [0.2, 0.25) is 0 Å². The van der Waals surface area contributed by atoms with Crippen LogP contribution >= 0.6 is 11.3 Å². The molecule has 1 fully saturated rings. The number of nitrogens with zero attached hydrogens (tertiary/aromatic N) is 2. The maximum Gasteiger partial charge on any atom is 0.249 e. The molecule has 0 aliphatic carbocycles. The van der Waals surface area contributed by atoms with Crippen LogP contribution in [0.4, 0.5) is 5.69 Å². The third kappa shape index (κ3) is 5.37. The monoisotopic (exact) mass is 453 g/mol. The Labute approximate surface area is 180 Å². The fourth-order valence-electron chi connectivity index (χ4n) is 3.46. The van der Waals surface area contributed by atoms with Crippen molar-refractivity contribution in [2.24, 2.45) is 5.92 Å². The van der Waals surface area contributed by atoms with E-state index in [-0.39, 0.29) is 30.8 Å². The van der Waals surface area contributed by atoms with Gasteiger partial charge < -0.3 is 14.7 Å². The second-order valence-electron chi connectivity index (χ2n) is 7.76. The molecule has 1 aliphatic rings. The maximum atomic E-state index is 12.5. The lowest BCUT2D eigenvalue weighted by Crippen LogP contribution is -2.52. The number of amides is 1. The number of benzene rings is 1. The van der Waals surface area contributed by atoms with Gasteiger partial charge in [0.1, 0.15) is 12.7 Å². The minimum Gasteiger partial charge on any atom is -0.394 e. The van der Waals surface area contributed by atoms with Crippen LogP contribution in [0.3, 0.4) is 0 Å². The number of ether oxygens (including phenoxy) is 1. The van der Waals surface area contributed by atoms with E-state index in [9.17, 15) is 18.3 Å². The molecule has 1 saturated heterocycles. The van der Waals surface area contributed by atoms with Crippen LogP contribution < -0.4 is 4.72 Å². The van der Waals surface area contributed by atoms with E-state index in [0.29, 0.717) is 12.2 Å². The lowest BCUT2D eigenvalue weighted by atomic mass is 9.99. The molecule has 0 spiro atoms. The third-order valence-electron chi connectivity index (χ3n) is 4.87.